The number of nitrogens with zero attached hydrogens (tertiary/aromatic N) is 6. The van der Waals surface area contributed by atoms with E-state index < -0.39 is 23.6 Å². The van der Waals surface area contributed by atoms with Crippen LogP contribution in [0.25, 0.3) is 11.3 Å². The van der Waals surface area contributed by atoms with Crippen LogP contribution >= 0.6 is 11.3 Å². The molecule has 1 aromatic carbocycles. The molecule has 2 fully saturated rings. The zero-order valence-corrected chi connectivity index (χ0v) is 25.2. The largest absolute Gasteiger partial charge is 0.496 e. The van der Waals surface area contributed by atoms with Crippen molar-refractivity contribution in [1.29, 1.82) is 0 Å². The maximum atomic E-state index is 13.8. The zero-order valence-electron chi connectivity index (χ0n) is 24.4. The van der Waals surface area contributed by atoms with Crippen molar-refractivity contribution >= 4 is 34.2 Å². The van der Waals surface area contributed by atoms with Gasteiger partial charge in [-0.2, -0.15) is 13.2 Å². The number of halogens is 3. The summed E-state index contributed by atoms with van der Waals surface area (Å²) in [5.41, 5.74) is -0.164. The summed E-state index contributed by atoms with van der Waals surface area (Å²) in [6.07, 6.45) is 0.448. The summed E-state index contributed by atoms with van der Waals surface area (Å²) in [6, 6.07) is 4.19. The Morgan fingerprint density at radius 3 is 2.52 bits per heavy atom. The lowest BCUT2D eigenvalue weighted by Crippen LogP contribution is -2.47. The number of aromatic nitrogens is 3. The summed E-state index contributed by atoms with van der Waals surface area (Å²) in [5, 5.41) is 11.9. The number of hydrogen-bond acceptors (Lipinski definition) is 10. The van der Waals surface area contributed by atoms with E-state index in [0.29, 0.717) is 56.8 Å². The van der Waals surface area contributed by atoms with Crippen molar-refractivity contribution in [3.8, 4) is 17.0 Å². The number of rotatable bonds is 10. The molecule has 0 spiro atoms. The highest BCUT2D eigenvalue weighted by Crippen LogP contribution is 2.41. The van der Waals surface area contributed by atoms with Gasteiger partial charge in [0.2, 0.25) is 0 Å². The average molecular weight is 634 g/mol. The standard InChI is InChI=1S/C29H34F3N7O4S/c1-18-4-3-8-39(18)17-23-26(19-5-6-22(43-2)20(14-19)29(30,31)32)35-28(44-23)36-27(42)21-15-34-24(16-33-21)38-12-10-37(11-13-38)9-7-25(40)41/h5-6,14-16,18H,3-4,7-13,17H2,1-2H3,(H,40,41)(H,35,36,42)/t18-/m1/s1. The molecule has 11 nitrogen and oxygen atoms in total. The summed E-state index contributed by atoms with van der Waals surface area (Å²) in [6.45, 7) is 6.68. The summed E-state index contributed by atoms with van der Waals surface area (Å²) in [7, 11) is 1.20. The molecule has 1 atom stereocenters. The molecule has 5 rings (SSSR count). The molecular weight excluding hydrogens is 599 g/mol. The van der Waals surface area contributed by atoms with Crippen LogP contribution in [0.1, 0.15) is 47.1 Å². The van der Waals surface area contributed by atoms with Crippen LogP contribution in [0.4, 0.5) is 24.1 Å². The van der Waals surface area contributed by atoms with Crippen LogP contribution in [-0.4, -0.2) is 94.2 Å². The van der Waals surface area contributed by atoms with E-state index in [1.165, 1.54) is 36.9 Å². The number of benzene rings is 1. The zero-order chi connectivity index (χ0) is 31.4. The smallest absolute Gasteiger partial charge is 0.419 e. The number of ether oxygens (including phenoxy) is 1. The van der Waals surface area contributed by atoms with E-state index in [2.05, 4.69) is 37.0 Å². The van der Waals surface area contributed by atoms with Gasteiger partial charge in [-0.15, -0.1) is 0 Å². The third-order valence-corrected chi connectivity index (χ3v) is 8.90. The van der Waals surface area contributed by atoms with Crippen molar-refractivity contribution in [2.24, 2.45) is 0 Å². The molecule has 4 heterocycles. The third-order valence-electron chi connectivity index (χ3n) is 7.94. The summed E-state index contributed by atoms with van der Waals surface area (Å²) in [4.78, 5) is 44.3. The predicted molar refractivity (Wildman–Crippen MR) is 159 cm³/mol. The fraction of sp³-hybridized carbons (Fsp3) is 0.483. The number of aliphatic carboxylic acids is 1. The van der Waals surface area contributed by atoms with Gasteiger partial charge in [-0.25, -0.2) is 15.0 Å². The van der Waals surface area contributed by atoms with Crippen LogP contribution in [0.15, 0.2) is 30.6 Å². The number of carbonyl (C=O) groups excluding carboxylic acids is 1. The fourth-order valence-electron chi connectivity index (χ4n) is 5.44. The Kier molecular flexibility index (Phi) is 9.65. The lowest BCUT2D eigenvalue weighted by atomic mass is 10.1. The molecule has 0 unspecified atom stereocenters. The van der Waals surface area contributed by atoms with E-state index in [4.69, 9.17) is 9.84 Å². The Morgan fingerprint density at radius 2 is 1.91 bits per heavy atom. The van der Waals surface area contributed by atoms with Gasteiger partial charge in [0.25, 0.3) is 5.91 Å². The Labute approximate surface area is 256 Å². The van der Waals surface area contributed by atoms with Gasteiger partial charge in [0.15, 0.2) is 5.13 Å². The first kappa shape index (κ1) is 31.6. The number of carbonyl (C=O) groups is 2. The lowest BCUT2D eigenvalue weighted by molar-refractivity contribution is -0.139. The van der Waals surface area contributed by atoms with Crippen molar-refractivity contribution < 1.29 is 32.6 Å². The number of amides is 1. The number of piperazine rings is 1. The van der Waals surface area contributed by atoms with Gasteiger partial charge in [0.05, 0.1) is 37.2 Å². The monoisotopic (exact) mass is 633 g/mol. The Morgan fingerprint density at radius 1 is 1.14 bits per heavy atom. The Hall–Kier alpha value is -3.82. The first-order valence-electron chi connectivity index (χ1n) is 14.3. The molecule has 0 saturated carbocycles. The normalized spacial score (nSPS) is 18.0. The maximum Gasteiger partial charge on any atom is 0.419 e. The Bertz CT molecular complexity index is 1480. The Balaban J connectivity index is 1.32. The molecule has 3 aromatic rings. The highest BCUT2D eigenvalue weighted by Gasteiger charge is 2.35. The number of carboxylic acid groups (broad SMARTS) is 1. The van der Waals surface area contributed by atoms with Crippen molar-refractivity contribution in [3.63, 3.8) is 0 Å². The van der Waals surface area contributed by atoms with Gasteiger partial charge in [-0.3, -0.25) is 24.7 Å². The number of nitrogens with one attached hydrogen (secondary N) is 1. The SMILES string of the molecule is COc1ccc(-c2nc(NC(=O)c3cnc(N4CCN(CCC(=O)O)CC4)cn3)sc2CN2CCC[C@H]2C)cc1C(F)(F)F. The highest BCUT2D eigenvalue weighted by atomic mass is 32.1. The molecule has 1 amide bonds. The number of thiazole rings is 1. The number of carboxylic acids is 1. The molecule has 2 aliphatic rings. The van der Waals surface area contributed by atoms with Crippen molar-refractivity contribution in [1.82, 2.24) is 24.8 Å². The molecule has 2 aromatic heterocycles. The summed E-state index contributed by atoms with van der Waals surface area (Å²) >= 11 is 1.23. The van der Waals surface area contributed by atoms with Gasteiger partial charge in [0, 0.05) is 55.8 Å². The molecule has 0 bridgehead atoms. The van der Waals surface area contributed by atoms with E-state index >= 15 is 0 Å². The van der Waals surface area contributed by atoms with Crippen LogP contribution < -0.4 is 15.0 Å². The highest BCUT2D eigenvalue weighted by molar-refractivity contribution is 7.16. The fourth-order valence-corrected chi connectivity index (χ4v) is 6.45. The molecule has 0 aliphatic carbocycles. The second-order valence-corrected chi connectivity index (χ2v) is 11.9. The number of alkyl halides is 3. The molecule has 2 N–H and O–H groups in total. The molecule has 15 heteroatoms. The molecule has 236 valence electrons. The quantitative estimate of drug-likeness (QED) is 0.331. The number of likely N-dealkylation sites (tertiary alicyclic amines) is 1. The number of anilines is 2. The number of methoxy groups -OCH3 is 1. The maximum absolute atomic E-state index is 13.8. The van der Waals surface area contributed by atoms with Crippen molar-refractivity contribution in [3.05, 3.63) is 46.7 Å². The van der Waals surface area contributed by atoms with Crippen molar-refractivity contribution in [2.45, 2.75) is 44.9 Å². The number of hydrogen-bond donors (Lipinski definition) is 2. The van der Waals surface area contributed by atoms with Gasteiger partial charge in [0.1, 0.15) is 17.3 Å². The second kappa shape index (κ2) is 13.4. The van der Waals surface area contributed by atoms with Gasteiger partial charge in [-0.05, 0) is 44.5 Å². The lowest BCUT2D eigenvalue weighted by Gasteiger charge is -2.34. The van der Waals surface area contributed by atoms with Gasteiger partial charge in [-0.1, -0.05) is 11.3 Å². The van der Waals surface area contributed by atoms with Crippen LogP contribution in [-0.2, 0) is 17.5 Å². The van der Waals surface area contributed by atoms with Crippen LogP contribution in [0, 0.1) is 0 Å². The topological polar surface area (TPSA) is 124 Å². The molecule has 2 aliphatic heterocycles. The van der Waals surface area contributed by atoms with Crippen molar-refractivity contribution in [2.75, 3.05) is 56.6 Å². The van der Waals surface area contributed by atoms with E-state index in [-0.39, 0.29) is 28.6 Å². The molecular formula is C29H34F3N7O4S. The molecule has 2 saturated heterocycles. The minimum atomic E-state index is -4.61. The third kappa shape index (κ3) is 7.45. The van der Waals surface area contributed by atoms with E-state index in [0.717, 1.165) is 30.3 Å². The summed E-state index contributed by atoms with van der Waals surface area (Å²) in [5.74, 6) is -1.02. The van der Waals surface area contributed by atoms with Crippen LogP contribution in [0.2, 0.25) is 0 Å². The van der Waals surface area contributed by atoms with Crippen LogP contribution in [0.3, 0.4) is 0 Å². The summed E-state index contributed by atoms with van der Waals surface area (Å²) < 4.78 is 46.3. The molecule has 44 heavy (non-hydrogen) atoms. The second-order valence-electron chi connectivity index (χ2n) is 10.9. The predicted octanol–water partition coefficient (Wildman–Crippen LogP) is 4.46. The average Bonchev–Trinajstić information content (AvgIpc) is 3.60. The van der Waals surface area contributed by atoms with E-state index in [1.54, 1.807) is 6.07 Å². The van der Waals surface area contributed by atoms with E-state index in [1.807, 2.05) is 4.90 Å². The van der Waals surface area contributed by atoms with Gasteiger partial charge >= 0.3 is 12.1 Å². The van der Waals surface area contributed by atoms with Gasteiger partial charge < -0.3 is 14.7 Å². The first-order chi connectivity index (χ1) is 21.0. The molecule has 0 radical (unpaired) electrons. The minimum absolute atomic E-state index is 0.0733. The minimum Gasteiger partial charge on any atom is -0.496 e. The van der Waals surface area contributed by atoms with Crippen LogP contribution in [0.5, 0.6) is 5.75 Å². The first-order valence-corrected chi connectivity index (χ1v) is 15.2. The van der Waals surface area contributed by atoms with E-state index in [9.17, 15) is 22.8 Å².